The summed E-state index contributed by atoms with van der Waals surface area (Å²) in [6, 6.07) is 3.71. The van der Waals surface area contributed by atoms with Crippen molar-refractivity contribution < 1.29 is 19.1 Å². The first-order chi connectivity index (χ1) is 11.5. The zero-order valence-corrected chi connectivity index (χ0v) is 13.2. The number of aliphatic carboxylic acids is 1. The van der Waals surface area contributed by atoms with Crippen LogP contribution in [0.3, 0.4) is 0 Å². The molecule has 0 spiro atoms. The highest BCUT2D eigenvalue weighted by molar-refractivity contribution is 5.91. The number of carbonyl (C=O) groups is 2. The number of nitrogens with zero attached hydrogens (tertiary/aromatic N) is 1. The van der Waals surface area contributed by atoms with Gasteiger partial charge >= 0.3 is 5.97 Å². The summed E-state index contributed by atoms with van der Waals surface area (Å²) in [6.45, 7) is 0.539. The number of nitrogens with one attached hydrogen (secondary N) is 1. The quantitative estimate of drug-likeness (QED) is 0.908. The molecule has 2 aliphatic rings. The van der Waals surface area contributed by atoms with Crippen molar-refractivity contribution in [3.63, 3.8) is 0 Å². The molecule has 126 valence electrons. The minimum Gasteiger partial charge on any atom is -0.480 e. The molecule has 3 unspecified atom stereocenters. The van der Waals surface area contributed by atoms with Crippen molar-refractivity contribution in [2.24, 2.45) is 11.8 Å². The molecule has 1 aromatic heterocycles. The molecule has 0 bridgehead atoms. The van der Waals surface area contributed by atoms with Crippen molar-refractivity contribution in [1.29, 1.82) is 0 Å². The molecule has 0 radical (unpaired) electrons. The summed E-state index contributed by atoms with van der Waals surface area (Å²) >= 11 is 0. The Bertz CT molecular complexity index is 816. The average molecular weight is 330 g/mol. The van der Waals surface area contributed by atoms with Crippen LogP contribution in [0.4, 0.5) is 4.39 Å². The SMILES string of the molecule is O=C(O)C1C2CCCC2CN1C(=O)Cc1c[nH]c2cc(F)ccc12. The summed E-state index contributed by atoms with van der Waals surface area (Å²) in [5, 5.41) is 10.4. The van der Waals surface area contributed by atoms with Gasteiger partial charge in [0.2, 0.25) is 5.91 Å². The third-order valence-electron chi connectivity index (χ3n) is 5.53. The summed E-state index contributed by atoms with van der Waals surface area (Å²) in [5.41, 5.74) is 1.42. The molecule has 1 saturated carbocycles. The molecule has 2 aromatic rings. The second kappa shape index (κ2) is 5.61. The van der Waals surface area contributed by atoms with Gasteiger partial charge in [0, 0.05) is 23.6 Å². The van der Waals surface area contributed by atoms with Gasteiger partial charge in [-0.25, -0.2) is 9.18 Å². The molecule has 3 atom stereocenters. The lowest BCUT2D eigenvalue weighted by atomic mass is 9.94. The number of carboxylic acid groups (broad SMARTS) is 1. The normalized spacial score (nSPS) is 26.0. The van der Waals surface area contributed by atoms with Crippen molar-refractivity contribution in [3.05, 3.63) is 35.8 Å². The maximum Gasteiger partial charge on any atom is 0.326 e. The lowest BCUT2D eigenvalue weighted by molar-refractivity contribution is -0.149. The number of halogens is 1. The van der Waals surface area contributed by atoms with Gasteiger partial charge < -0.3 is 15.0 Å². The molecule has 2 heterocycles. The van der Waals surface area contributed by atoms with Gasteiger partial charge in [-0.15, -0.1) is 0 Å². The number of amides is 1. The van der Waals surface area contributed by atoms with E-state index in [0.29, 0.717) is 18.0 Å². The van der Waals surface area contributed by atoms with Crippen molar-refractivity contribution >= 4 is 22.8 Å². The maximum absolute atomic E-state index is 13.3. The Morgan fingerprint density at radius 1 is 1.33 bits per heavy atom. The Labute approximate surface area is 138 Å². The Balaban J connectivity index is 1.58. The number of hydrogen-bond donors (Lipinski definition) is 2. The van der Waals surface area contributed by atoms with Crippen LogP contribution < -0.4 is 0 Å². The van der Waals surface area contributed by atoms with Crippen molar-refractivity contribution in [3.8, 4) is 0 Å². The minimum absolute atomic E-state index is 0.0866. The van der Waals surface area contributed by atoms with Gasteiger partial charge in [0.05, 0.1) is 6.42 Å². The van der Waals surface area contributed by atoms with Crippen LogP contribution in [0.1, 0.15) is 24.8 Å². The Kier molecular flexibility index (Phi) is 3.55. The second-order valence-electron chi connectivity index (χ2n) is 6.86. The van der Waals surface area contributed by atoms with Gasteiger partial charge in [-0.1, -0.05) is 6.42 Å². The van der Waals surface area contributed by atoms with Crippen LogP contribution in [0.25, 0.3) is 10.9 Å². The summed E-state index contributed by atoms with van der Waals surface area (Å²) in [5.74, 6) is -1.00. The highest BCUT2D eigenvalue weighted by Gasteiger charge is 2.49. The fourth-order valence-corrected chi connectivity index (χ4v) is 4.45. The van der Waals surface area contributed by atoms with Crippen LogP contribution in [0.15, 0.2) is 24.4 Å². The minimum atomic E-state index is -0.904. The number of carbonyl (C=O) groups excluding carboxylic acids is 1. The smallest absolute Gasteiger partial charge is 0.326 e. The van der Waals surface area contributed by atoms with Gasteiger partial charge in [-0.05, 0) is 48.4 Å². The summed E-state index contributed by atoms with van der Waals surface area (Å²) in [6.07, 6.45) is 4.78. The lowest BCUT2D eigenvalue weighted by Crippen LogP contribution is -2.43. The monoisotopic (exact) mass is 330 g/mol. The standard InChI is InChI=1S/C18H19FN2O3/c19-12-4-5-13-11(8-20-15(13)7-12)6-16(22)21-9-10-2-1-3-14(10)17(21)18(23)24/h4-5,7-8,10,14,17,20H,1-3,6,9H2,(H,23,24). The number of hydrogen-bond acceptors (Lipinski definition) is 2. The highest BCUT2D eigenvalue weighted by Crippen LogP contribution is 2.42. The molecule has 6 heteroatoms. The van der Waals surface area contributed by atoms with Crippen molar-refractivity contribution in [2.75, 3.05) is 6.54 Å². The van der Waals surface area contributed by atoms with Gasteiger partial charge in [-0.2, -0.15) is 0 Å². The Morgan fingerprint density at radius 2 is 2.17 bits per heavy atom. The molecule has 1 saturated heterocycles. The first-order valence-electron chi connectivity index (χ1n) is 8.32. The Hall–Kier alpha value is -2.37. The van der Waals surface area contributed by atoms with Gasteiger partial charge in [0.1, 0.15) is 11.9 Å². The number of rotatable bonds is 3. The molecule has 2 fully saturated rings. The first-order valence-corrected chi connectivity index (χ1v) is 8.32. The van der Waals surface area contributed by atoms with Gasteiger partial charge in [-0.3, -0.25) is 4.79 Å². The third kappa shape index (κ3) is 2.37. The molecule has 24 heavy (non-hydrogen) atoms. The van der Waals surface area contributed by atoms with Gasteiger partial charge in [0.15, 0.2) is 0 Å². The number of carboxylic acids is 1. The molecule has 1 aliphatic carbocycles. The molecule has 1 amide bonds. The van der Waals surface area contributed by atoms with Crippen LogP contribution in [0.5, 0.6) is 0 Å². The third-order valence-corrected chi connectivity index (χ3v) is 5.53. The second-order valence-corrected chi connectivity index (χ2v) is 6.86. The summed E-state index contributed by atoms with van der Waals surface area (Å²) in [7, 11) is 0. The molecule has 1 aliphatic heterocycles. The number of aromatic nitrogens is 1. The van der Waals surface area contributed by atoms with Crippen molar-refractivity contribution in [1.82, 2.24) is 9.88 Å². The zero-order chi connectivity index (χ0) is 16.8. The van der Waals surface area contributed by atoms with E-state index in [9.17, 15) is 19.1 Å². The largest absolute Gasteiger partial charge is 0.480 e. The highest BCUT2D eigenvalue weighted by atomic mass is 19.1. The molecular weight excluding hydrogens is 311 g/mol. The summed E-state index contributed by atoms with van der Waals surface area (Å²) < 4.78 is 13.3. The van der Waals surface area contributed by atoms with E-state index in [4.69, 9.17) is 0 Å². The number of aromatic amines is 1. The van der Waals surface area contributed by atoms with E-state index < -0.39 is 12.0 Å². The molecule has 2 N–H and O–H groups in total. The van der Waals surface area contributed by atoms with Crippen LogP contribution >= 0.6 is 0 Å². The van der Waals surface area contributed by atoms with E-state index in [1.54, 1.807) is 17.2 Å². The fourth-order valence-electron chi connectivity index (χ4n) is 4.45. The maximum atomic E-state index is 13.3. The number of benzene rings is 1. The molecule has 1 aromatic carbocycles. The van der Waals surface area contributed by atoms with E-state index in [1.807, 2.05) is 0 Å². The van der Waals surface area contributed by atoms with E-state index in [-0.39, 0.29) is 24.1 Å². The van der Waals surface area contributed by atoms with Crippen LogP contribution in [-0.4, -0.2) is 39.5 Å². The number of likely N-dealkylation sites (tertiary alicyclic amines) is 1. The molecule has 4 rings (SSSR count). The van der Waals surface area contributed by atoms with E-state index in [1.165, 1.54) is 12.1 Å². The van der Waals surface area contributed by atoms with Crippen molar-refractivity contribution in [2.45, 2.75) is 31.7 Å². The van der Waals surface area contributed by atoms with E-state index in [0.717, 1.165) is 30.2 Å². The zero-order valence-electron chi connectivity index (χ0n) is 13.2. The van der Waals surface area contributed by atoms with Gasteiger partial charge in [0.25, 0.3) is 0 Å². The Morgan fingerprint density at radius 3 is 2.96 bits per heavy atom. The average Bonchev–Trinajstić information content (AvgIpc) is 3.20. The topological polar surface area (TPSA) is 73.4 Å². The van der Waals surface area contributed by atoms with Crippen LogP contribution in [0, 0.1) is 17.7 Å². The van der Waals surface area contributed by atoms with Crippen LogP contribution in [0.2, 0.25) is 0 Å². The van der Waals surface area contributed by atoms with Crippen LogP contribution in [-0.2, 0) is 16.0 Å². The molecular formula is C18H19FN2O3. The lowest BCUT2D eigenvalue weighted by Gasteiger charge is -2.24. The first kappa shape index (κ1) is 15.2. The number of fused-ring (bicyclic) bond motifs is 2. The number of H-pyrrole nitrogens is 1. The van der Waals surface area contributed by atoms with E-state index in [2.05, 4.69) is 4.98 Å². The fraction of sp³-hybridized carbons (Fsp3) is 0.444. The predicted octanol–water partition coefficient (Wildman–Crippen LogP) is 2.56. The predicted molar refractivity (Wildman–Crippen MR) is 85.9 cm³/mol. The van der Waals surface area contributed by atoms with E-state index >= 15 is 0 Å². The molecule has 5 nitrogen and oxygen atoms in total. The summed E-state index contributed by atoms with van der Waals surface area (Å²) in [4.78, 5) is 28.9.